The van der Waals surface area contributed by atoms with Crippen molar-refractivity contribution in [3.8, 4) is 0 Å². The molecule has 0 bridgehead atoms. The predicted molar refractivity (Wildman–Crippen MR) is 72.8 cm³/mol. The number of ether oxygens (including phenoxy) is 2. The summed E-state index contributed by atoms with van der Waals surface area (Å²) < 4.78 is 10.1. The standard InChI is InChI=1S/C13H22N2O6/c1-13(2,3)21-12(19)14-9(11(17)18)8-10(16)15-4-6-20-7-5-15/h9H,4-8H2,1-3H3,(H,14,19)(H,17,18)/t9-/m1/s1. The third-order valence-corrected chi connectivity index (χ3v) is 2.73. The minimum Gasteiger partial charge on any atom is -0.480 e. The zero-order chi connectivity index (χ0) is 16.0. The highest BCUT2D eigenvalue weighted by Gasteiger charge is 2.28. The highest BCUT2D eigenvalue weighted by Crippen LogP contribution is 2.08. The summed E-state index contributed by atoms with van der Waals surface area (Å²) in [6.07, 6.45) is -1.17. The van der Waals surface area contributed by atoms with E-state index >= 15 is 0 Å². The van der Waals surface area contributed by atoms with E-state index in [0.29, 0.717) is 26.3 Å². The number of rotatable bonds is 4. The van der Waals surface area contributed by atoms with Gasteiger partial charge in [0.05, 0.1) is 19.6 Å². The molecule has 1 atom stereocenters. The van der Waals surface area contributed by atoms with E-state index in [-0.39, 0.29) is 12.3 Å². The Labute approximate surface area is 123 Å². The average molecular weight is 302 g/mol. The second kappa shape index (κ2) is 7.26. The van der Waals surface area contributed by atoms with Crippen molar-refractivity contribution in [1.29, 1.82) is 0 Å². The summed E-state index contributed by atoms with van der Waals surface area (Å²) in [5, 5.41) is 11.3. The topological polar surface area (TPSA) is 105 Å². The predicted octanol–water partition coefficient (Wildman–Crippen LogP) is 0.213. The van der Waals surface area contributed by atoms with Gasteiger partial charge in [-0.1, -0.05) is 0 Å². The van der Waals surface area contributed by atoms with Crippen molar-refractivity contribution in [2.24, 2.45) is 0 Å². The lowest BCUT2D eigenvalue weighted by Gasteiger charge is -2.28. The van der Waals surface area contributed by atoms with E-state index in [0.717, 1.165) is 0 Å². The molecule has 0 aliphatic carbocycles. The third-order valence-electron chi connectivity index (χ3n) is 2.73. The fraction of sp³-hybridized carbons (Fsp3) is 0.769. The Morgan fingerprint density at radius 2 is 1.86 bits per heavy atom. The summed E-state index contributed by atoms with van der Waals surface area (Å²) in [5.41, 5.74) is -0.735. The molecule has 0 saturated carbocycles. The van der Waals surface area contributed by atoms with Crippen molar-refractivity contribution >= 4 is 18.0 Å². The molecule has 120 valence electrons. The SMILES string of the molecule is CC(C)(C)OC(=O)N[C@H](CC(=O)N1CCOCC1)C(=O)O. The highest BCUT2D eigenvalue weighted by molar-refractivity contribution is 5.87. The minimum atomic E-state index is -1.31. The Hall–Kier alpha value is -1.83. The smallest absolute Gasteiger partial charge is 0.408 e. The van der Waals surface area contributed by atoms with Gasteiger partial charge in [-0.2, -0.15) is 0 Å². The van der Waals surface area contributed by atoms with Crippen LogP contribution in [0.5, 0.6) is 0 Å². The van der Waals surface area contributed by atoms with Gasteiger partial charge in [-0.15, -0.1) is 0 Å². The van der Waals surface area contributed by atoms with Crippen LogP contribution < -0.4 is 5.32 Å². The Kier molecular flexibility index (Phi) is 5.95. The van der Waals surface area contributed by atoms with Crippen molar-refractivity contribution in [2.45, 2.75) is 38.8 Å². The van der Waals surface area contributed by atoms with Crippen LogP contribution in [0.25, 0.3) is 0 Å². The second-order valence-electron chi connectivity index (χ2n) is 5.73. The molecule has 1 saturated heterocycles. The molecule has 2 N–H and O–H groups in total. The van der Waals surface area contributed by atoms with Gasteiger partial charge in [-0.25, -0.2) is 9.59 Å². The Bertz CT molecular complexity index is 398. The highest BCUT2D eigenvalue weighted by atomic mass is 16.6. The normalized spacial score (nSPS) is 17.0. The zero-order valence-corrected chi connectivity index (χ0v) is 12.5. The number of carboxylic acids is 1. The summed E-state index contributed by atoms with van der Waals surface area (Å²) in [4.78, 5) is 36.3. The molecular formula is C13H22N2O6. The molecule has 0 radical (unpaired) electrons. The van der Waals surface area contributed by atoms with Gasteiger partial charge in [-0.05, 0) is 20.8 Å². The molecule has 21 heavy (non-hydrogen) atoms. The summed E-state index contributed by atoms with van der Waals surface area (Å²) in [5.74, 6) is -1.61. The third kappa shape index (κ3) is 6.44. The minimum absolute atomic E-state index is 0.311. The second-order valence-corrected chi connectivity index (χ2v) is 5.73. The summed E-state index contributed by atoms with van der Waals surface area (Å²) >= 11 is 0. The van der Waals surface area contributed by atoms with Crippen molar-refractivity contribution in [3.63, 3.8) is 0 Å². The maximum absolute atomic E-state index is 12.0. The van der Waals surface area contributed by atoms with E-state index in [1.54, 1.807) is 20.8 Å². The Balaban J connectivity index is 2.55. The number of carbonyl (C=O) groups is 3. The molecule has 0 unspecified atom stereocenters. The molecule has 1 heterocycles. The van der Waals surface area contributed by atoms with Gasteiger partial charge < -0.3 is 24.8 Å². The van der Waals surface area contributed by atoms with Gasteiger partial charge in [0.25, 0.3) is 0 Å². The number of alkyl carbamates (subject to hydrolysis) is 1. The molecule has 1 aliphatic heterocycles. The van der Waals surface area contributed by atoms with Crippen LogP contribution in [-0.2, 0) is 19.1 Å². The summed E-state index contributed by atoms with van der Waals surface area (Å²) in [6.45, 7) is 6.73. The fourth-order valence-electron chi connectivity index (χ4n) is 1.77. The molecular weight excluding hydrogens is 280 g/mol. The first-order chi connectivity index (χ1) is 9.69. The quantitative estimate of drug-likeness (QED) is 0.769. The maximum Gasteiger partial charge on any atom is 0.408 e. The zero-order valence-electron chi connectivity index (χ0n) is 12.5. The molecule has 0 aromatic heterocycles. The van der Waals surface area contributed by atoms with Crippen LogP contribution in [0, 0.1) is 0 Å². The first-order valence-corrected chi connectivity index (χ1v) is 6.77. The molecule has 1 rings (SSSR count). The molecule has 0 aromatic rings. The molecule has 8 heteroatoms. The molecule has 1 fully saturated rings. The number of hydrogen-bond acceptors (Lipinski definition) is 5. The number of hydrogen-bond donors (Lipinski definition) is 2. The van der Waals surface area contributed by atoms with Gasteiger partial charge in [0.2, 0.25) is 5.91 Å². The fourth-order valence-corrected chi connectivity index (χ4v) is 1.77. The Morgan fingerprint density at radius 3 is 2.33 bits per heavy atom. The van der Waals surface area contributed by atoms with Crippen molar-refractivity contribution < 1.29 is 29.0 Å². The van der Waals surface area contributed by atoms with Crippen LogP contribution >= 0.6 is 0 Å². The van der Waals surface area contributed by atoms with Gasteiger partial charge in [0, 0.05) is 13.1 Å². The molecule has 8 nitrogen and oxygen atoms in total. The first-order valence-electron chi connectivity index (χ1n) is 6.77. The van der Waals surface area contributed by atoms with Crippen LogP contribution in [0.4, 0.5) is 4.79 Å². The summed E-state index contributed by atoms with van der Waals surface area (Å²) in [7, 11) is 0. The number of carbonyl (C=O) groups excluding carboxylic acids is 2. The van der Waals surface area contributed by atoms with Gasteiger partial charge >= 0.3 is 12.1 Å². The lowest BCUT2D eigenvalue weighted by molar-refractivity contribution is -0.144. The van der Waals surface area contributed by atoms with E-state index < -0.39 is 23.7 Å². The monoisotopic (exact) mass is 302 g/mol. The first kappa shape index (κ1) is 17.2. The average Bonchev–Trinajstić information content (AvgIpc) is 2.36. The van der Waals surface area contributed by atoms with Gasteiger partial charge in [0.1, 0.15) is 11.6 Å². The van der Waals surface area contributed by atoms with E-state index in [2.05, 4.69) is 5.32 Å². The number of carboxylic acid groups (broad SMARTS) is 1. The van der Waals surface area contributed by atoms with Crippen LogP contribution in [0.3, 0.4) is 0 Å². The summed E-state index contributed by atoms with van der Waals surface area (Å²) in [6, 6.07) is -1.31. The number of nitrogens with zero attached hydrogens (tertiary/aromatic N) is 1. The van der Waals surface area contributed by atoms with Crippen molar-refractivity contribution in [2.75, 3.05) is 26.3 Å². The number of aliphatic carboxylic acids is 1. The van der Waals surface area contributed by atoms with E-state index in [1.807, 2.05) is 0 Å². The largest absolute Gasteiger partial charge is 0.480 e. The molecule has 2 amide bonds. The number of nitrogens with one attached hydrogen (secondary N) is 1. The lowest BCUT2D eigenvalue weighted by Crippen LogP contribution is -2.48. The van der Waals surface area contributed by atoms with Gasteiger partial charge in [-0.3, -0.25) is 4.79 Å². The van der Waals surface area contributed by atoms with E-state index in [1.165, 1.54) is 4.90 Å². The van der Waals surface area contributed by atoms with Crippen molar-refractivity contribution in [1.82, 2.24) is 10.2 Å². The van der Waals surface area contributed by atoms with Crippen LogP contribution in [0.15, 0.2) is 0 Å². The van der Waals surface area contributed by atoms with E-state index in [4.69, 9.17) is 14.6 Å². The van der Waals surface area contributed by atoms with Crippen LogP contribution in [-0.4, -0.2) is 65.9 Å². The number of morpholine rings is 1. The molecule has 0 spiro atoms. The van der Waals surface area contributed by atoms with Crippen LogP contribution in [0.1, 0.15) is 27.2 Å². The lowest BCUT2D eigenvalue weighted by atomic mass is 10.2. The Morgan fingerprint density at radius 1 is 1.29 bits per heavy atom. The van der Waals surface area contributed by atoms with Crippen LogP contribution in [0.2, 0.25) is 0 Å². The maximum atomic E-state index is 12.0. The van der Waals surface area contributed by atoms with Crippen molar-refractivity contribution in [3.05, 3.63) is 0 Å². The molecule has 0 aromatic carbocycles. The number of amides is 2. The molecule has 1 aliphatic rings. The van der Waals surface area contributed by atoms with Gasteiger partial charge in [0.15, 0.2) is 0 Å². The van der Waals surface area contributed by atoms with E-state index in [9.17, 15) is 14.4 Å².